The van der Waals surface area contributed by atoms with Crippen molar-refractivity contribution >= 4 is 11.4 Å². The highest BCUT2D eigenvalue weighted by Crippen LogP contribution is 2.14. The van der Waals surface area contributed by atoms with Gasteiger partial charge in [-0.2, -0.15) is 5.10 Å². The number of allylic oxidation sites excluding steroid dienone is 2. The maximum absolute atomic E-state index is 4.55. The molecular weight excluding hydrogens is 234 g/mol. The number of benzene rings is 1. The molecule has 19 heavy (non-hydrogen) atoms. The first-order valence-electron chi connectivity index (χ1n) is 7.35. The fourth-order valence-electron chi connectivity index (χ4n) is 2.94. The maximum Gasteiger partial charge on any atom is 0.109 e. The fraction of sp³-hybridized carbons (Fsp3) is 0.438. The lowest BCUT2D eigenvalue weighted by atomic mass is 10.0. The molecule has 1 aliphatic carbocycles. The van der Waals surface area contributed by atoms with Crippen LogP contribution in [0.2, 0.25) is 0 Å². The Hall–Kier alpha value is -1.61. The molecule has 0 saturated carbocycles. The first-order chi connectivity index (χ1) is 9.42. The summed E-state index contributed by atoms with van der Waals surface area (Å²) >= 11 is 0. The molecule has 100 valence electrons. The second kappa shape index (κ2) is 6.02. The third-order valence-electron chi connectivity index (χ3n) is 3.98. The van der Waals surface area contributed by atoms with Crippen molar-refractivity contribution in [3.05, 3.63) is 42.1 Å². The molecule has 1 aromatic carbocycles. The second-order valence-electron chi connectivity index (χ2n) is 5.41. The molecule has 0 unspecified atom stereocenters. The van der Waals surface area contributed by atoms with Crippen molar-refractivity contribution < 1.29 is 4.90 Å². The van der Waals surface area contributed by atoms with Crippen molar-refractivity contribution in [2.75, 3.05) is 18.5 Å². The van der Waals surface area contributed by atoms with Gasteiger partial charge in [0.2, 0.25) is 0 Å². The Kier molecular flexibility index (Phi) is 3.94. The van der Waals surface area contributed by atoms with Crippen LogP contribution in [0.1, 0.15) is 32.1 Å². The van der Waals surface area contributed by atoms with E-state index in [0.717, 1.165) is 12.1 Å². The van der Waals surface area contributed by atoms with Gasteiger partial charge >= 0.3 is 0 Å². The zero-order valence-corrected chi connectivity index (χ0v) is 11.4. The van der Waals surface area contributed by atoms with Crippen LogP contribution in [-0.2, 0) is 0 Å². The molecule has 2 N–H and O–H groups in total. The van der Waals surface area contributed by atoms with Crippen molar-refractivity contribution in [3.8, 4) is 0 Å². The van der Waals surface area contributed by atoms with Crippen LogP contribution in [0.15, 0.2) is 47.2 Å². The molecule has 1 aromatic rings. The van der Waals surface area contributed by atoms with Gasteiger partial charge in [-0.15, -0.1) is 0 Å². The van der Waals surface area contributed by atoms with Crippen LogP contribution >= 0.6 is 0 Å². The summed E-state index contributed by atoms with van der Waals surface area (Å²) in [6.45, 7) is 2.62. The summed E-state index contributed by atoms with van der Waals surface area (Å²) in [6, 6.07) is 10.2. The van der Waals surface area contributed by atoms with Crippen LogP contribution in [0.5, 0.6) is 0 Å². The first kappa shape index (κ1) is 12.4. The smallest absolute Gasteiger partial charge is 0.109 e. The zero-order chi connectivity index (χ0) is 12.9. The van der Waals surface area contributed by atoms with Crippen LogP contribution in [0.25, 0.3) is 0 Å². The first-order valence-corrected chi connectivity index (χ1v) is 7.35. The molecule has 1 saturated heterocycles. The molecule has 1 heterocycles. The minimum absolute atomic E-state index is 1.06. The Labute approximate surface area is 115 Å². The molecule has 0 amide bonds. The number of nitrogens with one attached hydrogen (secondary N) is 2. The van der Waals surface area contributed by atoms with E-state index in [2.05, 4.69) is 16.6 Å². The molecule has 3 nitrogen and oxygen atoms in total. The molecule has 3 rings (SSSR count). The molecule has 3 heteroatoms. The third kappa shape index (κ3) is 3.24. The minimum Gasteiger partial charge on any atom is -0.306 e. The molecule has 2 aliphatic rings. The maximum atomic E-state index is 4.55. The third-order valence-corrected chi connectivity index (χ3v) is 3.98. The molecule has 1 fully saturated rings. The van der Waals surface area contributed by atoms with Crippen molar-refractivity contribution in [2.24, 2.45) is 5.10 Å². The van der Waals surface area contributed by atoms with Crippen LogP contribution in [0.4, 0.5) is 5.69 Å². The Balaban J connectivity index is 1.68. The van der Waals surface area contributed by atoms with Crippen LogP contribution in [-0.4, -0.2) is 18.8 Å². The zero-order valence-electron chi connectivity index (χ0n) is 11.4. The predicted octanol–water partition coefficient (Wildman–Crippen LogP) is 2.20. The molecular formula is C16H22N3+. The van der Waals surface area contributed by atoms with Crippen LogP contribution in [0.3, 0.4) is 0 Å². The summed E-state index contributed by atoms with van der Waals surface area (Å²) in [7, 11) is 0. The Morgan fingerprint density at radius 2 is 1.74 bits per heavy atom. The summed E-state index contributed by atoms with van der Waals surface area (Å²) in [4.78, 5) is 1.69. The average molecular weight is 256 g/mol. The van der Waals surface area contributed by atoms with E-state index in [1.54, 1.807) is 10.6 Å². The number of hydrazone groups is 1. The Morgan fingerprint density at radius 3 is 2.53 bits per heavy atom. The second-order valence-corrected chi connectivity index (χ2v) is 5.41. The molecule has 0 atom stereocenters. The highest BCUT2D eigenvalue weighted by Gasteiger charge is 2.23. The van der Waals surface area contributed by atoms with E-state index in [4.69, 9.17) is 0 Å². The SMILES string of the molecule is C1=C([NH+]2CCCC2)CCC/C1=N\Nc1ccccc1. The molecule has 0 aromatic heterocycles. The van der Waals surface area contributed by atoms with E-state index in [9.17, 15) is 0 Å². The lowest BCUT2D eigenvalue weighted by molar-refractivity contribution is -0.848. The standard InChI is InChI=1S/C16H21N3/c1-2-7-14(8-3-1)17-18-15-9-6-10-16(13-15)19-11-4-5-12-19/h1-3,7-8,13,17H,4-6,9-12H2/p+1/b18-15+. The van der Waals surface area contributed by atoms with Gasteiger partial charge in [0, 0.05) is 25.3 Å². The molecule has 0 bridgehead atoms. The number of nitrogens with zero attached hydrogens (tertiary/aromatic N) is 1. The number of hydrogen-bond acceptors (Lipinski definition) is 2. The van der Waals surface area contributed by atoms with Crippen molar-refractivity contribution in [3.63, 3.8) is 0 Å². The molecule has 0 spiro atoms. The Morgan fingerprint density at radius 1 is 0.947 bits per heavy atom. The molecule has 1 aliphatic heterocycles. The average Bonchev–Trinajstić information content (AvgIpc) is 3.01. The normalized spacial score (nSPS) is 22.5. The number of quaternary nitrogens is 1. The largest absolute Gasteiger partial charge is 0.306 e. The highest BCUT2D eigenvalue weighted by molar-refractivity contribution is 5.96. The number of likely N-dealkylation sites (tertiary alicyclic amines) is 1. The van der Waals surface area contributed by atoms with Gasteiger partial charge < -0.3 is 4.90 Å². The van der Waals surface area contributed by atoms with Gasteiger partial charge in [-0.05, 0) is 25.0 Å². The van der Waals surface area contributed by atoms with E-state index in [0.29, 0.717) is 0 Å². The van der Waals surface area contributed by atoms with E-state index in [1.807, 2.05) is 30.3 Å². The summed E-state index contributed by atoms with van der Waals surface area (Å²) in [6.07, 6.45) is 8.66. The van der Waals surface area contributed by atoms with Crippen molar-refractivity contribution in [1.82, 2.24) is 0 Å². The topological polar surface area (TPSA) is 28.8 Å². The summed E-state index contributed by atoms with van der Waals surface area (Å²) in [5.41, 5.74) is 6.98. The van der Waals surface area contributed by atoms with Crippen molar-refractivity contribution in [1.29, 1.82) is 0 Å². The van der Waals surface area contributed by atoms with Gasteiger partial charge in [0.05, 0.1) is 24.5 Å². The highest BCUT2D eigenvalue weighted by atomic mass is 15.3. The van der Waals surface area contributed by atoms with Gasteiger partial charge in [-0.1, -0.05) is 18.2 Å². The van der Waals surface area contributed by atoms with E-state index in [1.165, 1.54) is 44.5 Å². The Bertz CT molecular complexity index is 470. The summed E-state index contributed by atoms with van der Waals surface area (Å²) in [5, 5.41) is 4.55. The van der Waals surface area contributed by atoms with Gasteiger partial charge in [0.1, 0.15) is 5.70 Å². The van der Waals surface area contributed by atoms with Gasteiger partial charge in [-0.25, -0.2) is 0 Å². The summed E-state index contributed by atoms with van der Waals surface area (Å²) in [5.74, 6) is 0. The van der Waals surface area contributed by atoms with E-state index in [-0.39, 0.29) is 0 Å². The lowest BCUT2D eigenvalue weighted by Gasteiger charge is -2.19. The minimum atomic E-state index is 1.06. The monoisotopic (exact) mass is 256 g/mol. The lowest BCUT2D eigenvalue weighted by Crippen LogP contribution is -3.08. The number of rotatable bonds is 3. The van der Waals surface area contributed by atoms with E-state index < -0.39 is 0 Å². The number of anilines is 1. The number of hydrogen-bond donors (Lipinski definition) is 2. The fourth-order valence-corrected chi connectivity index (χ4v) is 2.94. The summed E-state index contributed by atoms with van der Waals surface area (Å²) < 4.78 is 0. The van der Waals surface area contributed by atoms with Crippen LogP contribution in [0, 0.1) is 0 Å². The predicted molar refractivity (Wildman–Crippen MR) is 79.4 cm³/mol. The van der Waals surface area contributed by atoms with Gasteiger partial charge in [-0.3, -0.25) is 5.43 Å². The molecule has 0 radical (unpaired) electrons. The quantitative estimate of drug-likeness (QED) is 0.798. The van der Waals surface area contributed by atoms with Gasteiger partial charge in [0.15, 0.2) is 0 Å². The van der Waals surface area contributed by atoms with Gasteiger partial charge in [0.25, 0.3) is 0 Å². The van der Waals surface area contributed by atoms with E-state index >= 15 is 0 Å². The van der Waals surface area contributed by atoms with Crippen molar-refractivity contribution in [2.45, 2.75) is 32.1 Å². The number of para-hydroxylation sites is 1. The van der Waals surface area contributed by atoms with Crippen LogP contribution < -0.4 is 10.3 Å².